The summed E-state index contributed by atoms with van der Waals surface area (Å²) in [5.41, 5.74) is 17.0. The first-order valence-corrected chi connectivity index (χ1v) is 20.9. The summed E-state index contributed by atoms with van der Waals surface area (Å²) in [4.78, 5) is 2.40. The topological polar surface area (TPSA) is 12.5 Å². The van der Waals surface area contributed by atoms with Crippen molar-refractivity contribution in [2.24, 2.45) is 0 Å². The van der Waals surface area contributed by atoms with Crippen molar-refractivity contribution in [2.45, 2.75) is 24.7 Å². The van der Waals surface area contributed by atoms with Crippen molar-refractivity contribution in [1.29, 1.82) is 0 Å². The first-order valence-electron chi connectivity index (χ1n) is 20.9. The van der Waals surface area contributed by atoms with Crippen LogP contribution in [0.25, 0.3) is 33.4 Å². The molecule has 0 aromatic heterocycles. The highest BCUT2D eigenvalue weighted by molar-refractivity contribution is 5.93. The molecule has 0 saturated carbocycles. The van der Waals surface area contributed by atoms with Gasteiger partial charge in [0.15, 0.2) is 0 Å². The number of rotatable bonds is 7. The average molecular weight is 770 g/mol. The fourth-order valence-corrected chi connectivity index (χ4v) is 10.1. The average Bonchev–Trinajstić information content (AvgIpc) is 3.61. The Balaban J connectivity index is 1.11. The second-order valence-electron chi connectivity index (χ2n) is 16.4. The van der Waals surface area contributed by atoms with Gasteiger partial charge in [-0.15, -0.1) is 0 Å². The van der Waals surface area contributed by atoms with E-state index >= 15 is 0 Å². The van der Waals surface area contributed by atoms with Gasteiger partial charge >= 0.3 is 0 Å². The predicted octanol–water partition coefficient (Wildman–Crippen LogP) is 15.3. The number of fused-ring (bicyclic) bond motifs is 5. The fourth-order valence-electron chi connectivity index (χ4n) is 10.1. The number of benzene rings is 9. The smallest absolute Gasteiger partial charge is 0.139 e. The van der Waals surface area contributed by atoms with E-state index in [-0.39, 0.29) is 5.41 Å². The fraction of sp³-hybridized carbons (Fsp3) is 0.0690. The van der Waals surface area contributed by atoms with Gasteiger partial charge in [0.1, 0.15) is 11.5 Å². The van der Waals surface area contributed by atoms with Gasteiger partial charge in [0.05, 0.1) is 11.1 Å². The molecule has 0 saturated heterocycles. The molecule has 9 aromatic rings. The van der Waals surface area contributed by atoms with Crippen LogP contribution in [0.1, 0.15) is 47.2 Å². The summed E-state index contributed by atoms with van der Waals surface area (Å²) in [6.07, 6.45) is 0. The van der Waals surface area contributed by atoms with Crippen LogP contribution in [-0.4, -0.2) is 0 Å². The highest BCUT2D eigenvalue weighted by Gasteiger charge is 2.47. The molecular weight excluding hydrogens is 727 g/mol. The Bertz CT molecular complexity index is 3010. The van der Waals surface area contributed by atoms with Crippen LogP contribution in [0, 0.1) is 0 Å². The molecule has 2 nitrogen and oxygen atoms in total. The summed E-state index contributed by atoms with van der Waals surface area (Å²) >= 11 is 0. The van der Waals surface area contributed by atoms with Crippen LogP contribution in [0.4, 0.5) is 17.1 Å². The molecule has 0 N–H and O–H groups in total. The van der Waals surface area contributed by atoms with Crippen LogP contribution < -0.4 is 9.64 Å². The zero-order valence-electron chi connectivity index (χ0n) is 33.7. The maximum absolute atomic E-state index is 6.86. The van der Waals surface area contributed by atoms with E-state index in [4.69, 9.17) is 4.74 Å². The van der Waals surface area contributed by atoms with Crippen molar-refractivity contribution in [2.75, 3.05) is 4.90 Å². The van der Waals surface area contributed by atoms with Gasteiger partial charge in [0.25, 0.3) is 0 Å². The zero-order valence-corrected chi connectivity index (χ0v) is 33.7. The van der Waals surface area contributed by atoms with E-state index in [9.17, 15) is 0 Å². The molecule has 0 fully saturated rings. The van der Waals surface area contributed by atoms with Crippen molar-refractivity contribution in [3.63, 3.8) is 0 Å². The molecule has 60 heavy (non-hydrogen) atoms. The van der Waals surface area contributed by atoms with Crippen LogP contribution in [0.3, 0.4) is 0 Å². The van der Waals surface area contributed by atoms with Crippen LogP contribution in [0.5, 0.6) is 11.5 Å². The Labute approximate surface area is 352 Å². The Morgan fingerprint density at radius 3 is 1.55 bits per heavy atom. The molecule has 0 unspecified atom stereocenters. The van der Waals surface area contributed by atoms with E-state index in [0.29, 0.717) is 0 Å². The number of ether oxygens (including phenoxy) is 1. The van der Waals surface area contributed by atoms with Crippen molar-refractivity contribution in [3.05, 3.63) is 258 Å². The Hall–Kier alpha value is -7.42. The molecule has 2 aliphatic rings. The van der Waals surface area contributed by atoms with Crippen molar-refractivity contribution < 1.29 is 4.74 Å². The third kappa shape index (κ3) is 5.41. The standard InChI is InChI=1S/C58H43NO/c1-57(2)52-35-16-18-38-55(52)60-56-48(31-20-36-53(56)57)47-30-12-17-37-54(47)59(42-24-7-4-8-25-42)43-26-19-21-40(39-43)44-27-9-13-32-49(44)58(41-22-5-3-6-23-41)50-33-14-10-28-45(50)46-29-11-15-34-51(46)58/h3-39H,1-2H3. The highest BCUT2D eigenvalue weighted by atomic mass is 16.5. The van der Waals surface area contributed by atoms with E-state index in [1.165, 1.54) is 50.1 Å². The zero-order chi connectivity index (χ0) is 40.3. The van der Waals surface area contributed by atoms with E-state index in [2.05, 4.69) is 243 Å². The summed E-state index contributed by atoms with van der Waals surface area (Å²) < 4.78 is 6.86. The normalized spacial score (nSPS) is 13.9. The summed E-state index contributed by atoms with van der Waals surface area (Å²) in [6, 6.07) is 81.6. The highest BCUT2D eigenvalue weighted by Crippen LogP contribution is 2.58. The van der Waals surface area contributed by atoms with Gasteiger partial charge in [-0.25, -0.2) is 0 Å². The van der Waals surface area contributed by atoms with E-state index in [1.807, 2.05) is 0 Å². The Morgan fingerprint density at radius 1 is 0.367 bits per heavy atom. The van der Waals surface area contributed by atoms with E-state index in [0.717, 1.165) is 45.3 Å². The molecule has 1 aliphatic heterocycles. The quantitative estimate of drug-likeness (QED) is 0.160. The Morgan fingerprint density at radius 2 is 0.850 bits per heavy atom. The maximum atomic E-state index is 6.86. The second-order valence-corrected chi connectivity index (χ2v) is 16.4. The second kappa shape index (κ2) is 14.1. The number of hydrogen-bond donors (Lipinski definition) is 0. The summed E-state index contributed by atoms with van der Waals surface area (Å²) in [6.45, 7) is 4.60. The number of anilines is 3. The van der Waals surface area contributed by atoms with Crippen LogP contribution in [0.15, 0.2) is 224 Å². The van der Waals surface area contributed by atoms with Crippen LogP contribution in [0.2, 0.25) is 0 Å². The lowest BCUT2D eigenvalue weighted by Gasteiger charge is -2.36. The molecule has 0 atom stereocenters. The van der Waals surface area contributed by atoms with Gasteiger partial charge in [-0.2, -0.15) is 0 Å². The van der Waals surface area contributed by atoms with Crippen LogP contribution >= 0.6 is 0 Å². The van der Waals surface area contributed by atoms with E-state index < -0.39 is 5.41 Å². The monoisotopic (exact) mass is 769 g/mol. The SMILES string of the molecule is CC1(C)c2ccccc2Oc2c(-c3ccccc3N(c3ccccc3)c3cccc(-c4ccccc4C4(c5ccccc5)c5ccccc5-c5ccccc54)c3)cccc21. The molecule has 0 bridgehead atoms. The maximum Gasteiger partial charge on any atom is 0.139 e. The van der Waals surface area contributed by atoms with Gasteiger partial charge in [-0.3, -0.25) is 0 Å². The molecule has 1 heterocycles. The minimum absolute atomic E-state index is 0.229. The molecule has 0 amide bonds. The lowest BCUT2D eigenvalue weighted by atomic mass is 9.66. The van der Waals surface area contributed by atoms with E-state index in [1.54, 1.807) is 0 Å². The largest absolute Gasteiger partial charge is 0.456 e. The number of nitrogens with zero attached hydrogens (tertiary/aromatic N) is 1. The van der Waals surface area contributed by atoms with Crippen LogP contribution in [-0.2, 0) is 10.8 Å². The number of hydrogen-bond acceptors (Lipinski definition) is 2. The van der Waals surface area contributed by atoms with Crippen molar-refractivity contribution >= 4 is 17.1 Å². The molecule has 9 aromatic carbocycles. The molecule has 0 radical (unpaired) electrons. The third-order valence-corrected chi connectivity index (χ3v) is 12.8. The minimum atomic E-state index is -0.522. The van der Waals surface area contributed by atoms with Gasteiger partial charge < -0.3 is 9.64 Å². The first kappa shape index (κ1) is 35.7. The molecule has 286 valence electrons. The minimum Gasteiger partial charge on any atom is -0.456 e. The summed E-state index contributed by atoms with van der Waals surface area (Å²) in [7, 11) is 0. The summed E-state index contributed by atoms with van der Waals surface area (Å²) in [5.74, 6) is 1.82. The van der Waals surface area contributed by atoms with Crippen molar-refractivity contribution in [3.8, 4) is 44.9 Å². The molecule has 11 rings (SSSR count). The molecular formula is C58H43NO. The lowest BCUT2D eigenvalue weighted by Crippen LogP contribution is -2.29. The van der Waals surface area contributed by atoms with Gasteiger partial charge in [-0.05, 0) is 80.9 Å². The molecule has 0 spiro atoms. The Kier molecular flexibility index (Phi) is 8.42. The van der Waals surface area contributed by atoms with Crippen molar-refractivity contribution in [1.82, 2.24) is 0 Å². The first-order chi connectivity index (χ1) is 29.5. The van der Waals surface area contributed by atoms with Gasteiger partial charge in [-0.1, -0.05) is 202 Å². The number of para-hydroxylation sites is 4. The van der Waals surface area contributed by atoms with Gasteiger partial charge in [0, 0.05) is 39.0 Å². The molecule has 1 aliphatic carbocycles. The lowest BCUT2D eigenvalue weighted by molar-refractivity contribution is 0.419. The third-order valence-electron chi connectivity index (χ3n) is 12.8. The predicted molar refractivity (Wildman–Crippen MR) is 248 cm³/mol. The van der Waals surface area contributed by atoms with Gasteiger partial charge in [0.2, 0.25) is 0 Å². The summed E-state index contributed by atoms with van der Waals surface area (Å²) in [5, 5.41) is 0. The molecule has 2 heteroatoms.